The average Bonchev–Trinajstić information content (AvgIpc) is 3.24. The highest BCUT2D eigenvalue weighted by molar-refractivity contribution is 7.91. The van der Waals surface area contributed by atoms with Gasteiger partial charge in [0.15, 0.2) is 9.84 Å². The SMILES string of the molecule is CN(CC(=O)Nc1ccccc1C(=O)NC1CCCC1)[C@@H]1CCS(=O)(=O)C1. The number of benzene rings is 1. The van der Waals surface area contributed by atoms with Crippen molar-refractivity contribution in [1.82, 2.24) is 10.2 Å². The Morgan fingerprint density at radius 1 is 1.15 bits per heavy atom. The summed E-state index contributed by atoms with van der Waals surface area (Å²) < 4.78 is 23.2. The van der Waals surface area contributed by atoms with E-state index in [1.807, 2.05) is 0 Å². The summed E-state index contributed by atoms with van der Waals surface area (Å²) in [6.45, 7) is 0.0821. The van der Waals surface area contributed by atoms with Crippen molar-refractivity contribution >= 4 is 27.3 Å². The molecule has 1 atom stereocenters. The fourth-order valence-corrected chi connectivity index (χ4v) is 5.60. The molecule has 3 rings (SSSR count). The van der Waals surface area contributed by atoms with Crippen LogP contribution in [0.25, 0.3) is 0 Å². The zero-order chi connectivity index (χ0) is 19.4. The number of sulfone groups is 1. The molecule has 0 aromatic heterocycles. The van der Waals surface area contributed by atoms with Crippen molar-refractivity contribution in [3.63, 3.8) is 0 Å². The van der Waals surface area contributed by atoms with Crippen molar-refractivity contribution in [2.45, 2.75) is 44.2 Å². The molecule has 148 valence electrons. The van der Waals surface area contributed by atoms with E-state index < -0.39 is 9.84 Å². The average molecular weight is 394 g/mol. The van der Waals surface area contributed by atoms with E-state index in [1.54, 1.807) is 36.2 Å². The predicted octanol–water partition coefficient (Wildman–Crippen LogP) is 1.42. The number of anilines is 1. The van der Waals surface area contributed by atoms with Crippen LogP contribution in [0, 0.1) is 0 Å². The van der Waals surface area contributed by atoms with Crippen LogP contribution < -0.4 is 10.6 Å². The van der Waals surface area contributed by atoms with Crippen molar-refractivity contribution in [1.29, 1.82) is 0 Å². The van der Waals surface area contributed by atoms with Gasteiger partial charge in [-0.1, -0.05) is 25.0 Å². The number of carbonyl (C=O) groups excluding carboxylic acids is 2. The first-order valence-electron chi connectivity index (χ1n) is 9.44. The van der Waals surface area contributed by atoms with Crippen LogP contribution in [0.4, 0.5) is 5.69 Å². The molecule has 0 spiro atoms. The standard InChI is InChI=1S/C19H27N3O4S/c1-22(15-10-11-27(25,26)13-15)12-18(23)21-17-9-5-4-8-16(17)19(24)20-14-6-2-3-7-14/h4-5,8-9,14-15H,2-3,6-7,10-13H2,1H3,(H,20,24)(H,21,23)/t15-/m1/s1. The molecular weight excluding hydrogens is 366 g/mol. The van der Waals surface area contributed by atoms with E-state index in [4.69, 9.17) is 0 Å². The second kappa shape index (κ2) is 8.39. The Hall–Kier alpha value is -1.93. The molecule has 2 aliphatic rings. The van der Waals surface area contributed by atoms with Gasteiger partial charge >= 0.3 is 0 Å². The number of amides is 2. The van der Waals surface area contributed by atoms with E-state index in [0.29, 0.717) is 17.7 Å². The molecule has 1 aliphatic carbocycles. The van der Waals surface area contributed by atoms with Crippen LogP contribution in [-0.4, -0.2) is 62.3 Å². The summed E-state index contributed by atoms with van der Waals surface area (Å²) >= 11 is 0. The lowest BCUT2D eigenvalue weighted by Gasteiger charge is -2.22. The van der Waals surface area contributed by atoms with E-state index in [2.05, 4.69) is 10.6 Å². The lowest BCUT2D eigenvalue weighted by Crippen LogP contribution is -2.39. The topological polar surface area (TPSA) is 95.6 Å². The molecule has 0 bridgehead atoms. The number of nitrogens with one attached hydrogen (secondary N) is 2. The minimum Gasteiger partial charge on any atom is -0.349 e. The van der Waals surface area contributed by atoms with Gasteiger partial charge in [0.1, 0.15) is 0 Å². The first-order chi connectivity index (χ1) is 12.8. The molecular formula is C19H27N3O4S. The summed E-state index contributed by atoms with van der Waals surface area (Å²) in [5.74, 6) is -0.165. The molecule has 2 amide bonds. The van der Waals surface area contributed by atoms with Gasteiger partial charge in [-0.2, -0.15) is 0 Å². The molecule has 1 saturated carbocycles. The Morgan fingerprint density at radius 2 is 1.85 bits per heavy atom. The first-order valence-corrected chi connectivity index (χ1v) is 11.3. The zero-order valence-electron chi connectivity index (χ0n) is 15.6. The third-order valence-electron chi connectivity index (χ3n) is 5.36. The van der Waals surface area contributed by atoms with Crippen molar-refractivity contribution in [2.24, 2.45) is 0 Å². The smallest absolute Gasteiger partial charge is 0.253 e. The van der Waals surface area contributed by atoms with E-state index in [0.717, 1.165) is 25.7 Å². The Balaban J connectivity index is 1.59. The summed E-state index contributed by atoms with van der Waals surface area (Å²) in [5.41, 5.74) is 0.925. The first kappa shape index (κ1) is 19.8. The number of para-hydroxylation sites is 1. The third-order valence-corrected chi connectivity index (χ3v) is 7.11. The number of carbonyl (C=O) groups is 2. The van der Waals surface area contributed by atoms with E-state index in [1.165, 1.54) is 0 Å². The van der Waals surface area contributed by atoms with E-state index in [9.17, 15) is 18.0 Å². The van der Waals surface area contributed by atoms with Crippen molar-refractivity contribution in [2.75, 3.05) is 30.4 Å². The molecule has 1 heterocycles. The summed E-state index contributed by atoms with van der Waals surface area (Å²) in [6, 6.07) is 7.02. The van der Waals surface area contributed by atoms with Crippen LogP contribution in [0.15, 0.2) is 24.3 Å². The predicted molar refractivity (Wildman–Crippen MR) is 104 cm³/mol. The molecule has 0 unspecified atom stereocenters. The van der Waals surface area contributed by atoms with Crippen LogP contribution in [0.1, 0.15) is 42.5 Å². The molecule has 1 aromatic rings. The van der Waals surface area contributed by atoms with Crippen molar-refractivity contribution in [3.05, 3.63) is 29.8 Å². The van der Waals surface area contributed by atoms with Gasteiger partial charge in [-0.3, -0.25) is 14.5 Å². The highest BCUT2D eigenvalue weighted by Gasteiger charge is 2.31. The zero-order valence-corrected chi connectivity index (χ0v) is 16.4. The highest BCUT2D eigenvalue weighted by Crippen LogP contribution is 2.21. The Morgan fingerprint density at radius 3 is 2.52 bits per heavy atom. The van der Waals surface area contributed by atoms with Gasteiger partial charge < -0.3 is 10.6 Å². The highest BCUT2D eigenvalue weighted by atomic mass is 32.2. The van der Waals surface area contributed by atoms with Gasteiger partial charge in [0, 0.05) is 12.1 Å². The number of hydrogen-bond donors (Lipinski definition) is 2. The Kier molecular flexibility index (Phi) is 6.16. The molecule has 8 heteroatoms. The number of nitrogens with zero attached hydrogens (tertiary/aromatic N) is 1. The lowest BCUT2D eigenvalue weighted by molar-refractivity contribution is -0.117. The second-order valence-corrected chi connectivity index (χ2v) is 9.75. The van der Waals surface area contributed by atoms with Crippen LogP contribution in [0.2, 0.25) is 0 Å². The van der Waals surface area contributed by atoms with E-state index >= 15 is 0 Å². The van der Waals surface area contributed by atoms with Crippen molar-refractivity contribution in [3.8, 4) is 0 Å². The van der Waals surface area contributed by atoms with E-state index in [-0.39, 0.29) is 41.9 Å². The monoisotopic (exact) mass is 393 g/mol. The quantitative estimate of drug-likeness (QED) is 0.762. The van der Waals surface area contributed by atoms with Crippen LogP contribution in [0.3, 0.4) is 0 Å². The van der Waals surface area contributed by atoms with Crippen molar-refractivity contribution < 1.29 is 18.0 Å². The minimum atomic E-state index is -2.99. The molecule has 2 fully saturated rings. The number of likely N-dealkylation sites (N-methyl/N-ethyl adjacent to an activating group) is 1. The number of hydrogen-bond acceptors (Lipinski definition) is 5. The maximum absolute atomic E-state index is 12.6. The van der Waals surface area contributed by atoms with Gasteiger partial charge in [0.05, 0.1) is 29.3 Å². The van der Waals surface area contributed by atoms with Gasteiger partial charge in [-0.25, -0.2) is 8.42 Å². The molecule has 1 aromatic carbocycles. The van der Waals surface area contributed by atoms with Gasteiger partial charge in [-0.15, -0.1) is 0 Å². The molecule has 0 radical (unpaired) electrons. The van der Waals surface area contributed by atoms with Gasteiger partial charge in [0.2, 0.25) is 5.91 Å². The third kappa shape index (κ3) is 5.29. The summed E-state index contributed by atoms with van der Waals surface area (Å²) in [5, 5.41) is 5.84. The molecule has 7 nitrogen and oxygen atoms in total. The van der Waals surface area contributed by atoms with Crippen LogP contribution >= 0.6 is 0 Å². The lowest BCUT2D eigenvalue weighted by atomic mass is 10.1. The second-order valence-electron chi connectivity index (χ2n) is 7.52. The van der Waals surface area contributed by atoms with Crippen LogP contribution in [0.5, 0.6) is 0 Å². The Bertz CT molecular complexity index is 803. The number of rotatable bonds is 6. The molecule has 2 N–H and O–H groups in total. The Labute approximate surface area is 160 Å². The normalized spacial score (nSPS) is 22.1. The summed E-state index contributed by atoms with van der Waals surface area (Å²) in [7, 11) is -1.24. The summed E-state index contributed by atoms with van der Waals surface area (Å²) in [6.07, 6.45) is 4.80. The largest absolute Gasteiger partial charge is 0.349 e. The summed E-state index contributed by atoms with van der Waals surface area (Å²) in [4.78, 5) is 26.8. The van der Waals surface area contributed by atoms with Gasteiger partial charge in [-0.05, 0) is 38.4 Å². The van der Waals surface area contributed by atoms with Gasteiger partial charge in [0.25, 0.3) is 5.91 Å². The fourth-order valence-electron chi connectivity index (χ4n) is 3.79. The molecule has 27 heavy (non-hydrogen) atoms. The molecule has 1 aliphatic heterocycles. The maximum atomic E-state index is 12.6. The molecule has 1 saturated heterocycles. The van der Waals surface area contributed by atoms with Crippen LogP contribution in [-0.2, 0) is 14.6 Å². The minimum absolute atomic E-state index is 0.0821. The maximum Gasteiger partial charge on any atom is 0.253 e. The fraction of sp³-hybridized carbons (Fsp3) is 0.579.